The Kier molecular flexibility index (Phi) is 4.79. The van der Waals surface area contributed by atoms with E-state index in [1.54, 1.807) is 0 Å². The van der Waals surface area contributed by atoms with Crippen LogP contribution >= 0.6 is 0 Å². The maximum atomic E-state index is 9.14. The molecule has 0 aliphatic carbocycles. The molecular formula is C18H20N2. The van der Waals surface area contributed by atoms with Gasteiger partial charge < -0.3 is 5.32 Å². The quantitative estimate of drug-likeness (QED) is 0.864. The summed E-state index contributed by atoms with van der Waals surface area (Å²) in [5.74, 6) is 0.514. The molecule has 1 atom stereocenters. The van der Waals surface area contributed by atoms with E-state index in [1.807, 2.05) is 31.2 Å². The van der Waals surface area contributed by atoms with E-state index in [1.165, 1.54) is 5.56 Å². The third-order valence-electron chi connectivity index (χ3n) is 3.56. The maximum absolute atomic E-state index is 9.14. The predicted molar refractivity (Wildman–Crippen MR) is 83.9 cm³/mol. The molecule has 1 unspecified atom stereocenters. The van der Waals surface area contributed by atoms with E-state index < -0.39 is 0 Å². The smallest absolute Gasteiger partial charge is 0.101 e. The number of nitrogens with zero attached hydrogens (tertiary/aromatic N) is 1. The lowest BCUT2D eigenvalue weighted by molar-refractivity contribution is 0.706. The number of anilines is 1. The third-order valence-corrected chi connectivity index (χ3v) is 3.56. The largest absolute Gasteiger partial charge is 0.384 e. The van der Waals surface area contributed by atoms with Gasteiger partial charge in [0.15, 0.2) is 0 Å². The first-order chi connectivity index (χ1) is 9.70. The van der Waals surface area contributed by atoms with Crippen LogP contribution in [0.3, 0.4) is 0 Å². The molecule has 0 aromatic heterocycles. The van der Waals surface area contributed by atoms with E-state index >= 15 is 0 Å². The van der Waals surface area contributed by atoms with Gasteiger partial charge in [-0.25, -0.2) is 0 Å². The highest BCUT2D eigenvalue weighted by atomic mass is 14.9. The van der Waals surface area contributed by atoms with Gasteiger partial charge in [-0.1, -0.05) is 43.3 Å². The minimum absolute atomic E-state index is 0.514. The molecule has 0 bridgehead atoms. The first-order valence-electron chi connectivity index (χ1n) is 7.00. The zero-order chi connectivity index (χ0) is 14.4. The summed E-state index contributed by atoms with van der Waals surface area (Å²) in [6.45, 7) is 5.10. The second-order valence-electron chi connectivity index (χ2n) is 5.19. The van der Waals surface area contributed by atoms with Crippen LogP contribution < -0.4 is 5.32 Å². The summed E-state index contributed by atoms with van der Waals surface area (Å²) < 4.78 is 0. The second-order valence-corrected chi connectivity index (χ2v) is 5.19. The topological polar surface area (TPSA) is 35.8 Å². The Morgan fingerprint density at radius 1 is 1.15 bits per heavy atom. The lowest BCUT2D eigenvalue weighted by Crippen LogP contribution is -2.07. The lowest BCUT2D eigenvalue weighted by atomic mass is 9.98. The SMILES string of the molecule is Cc1ccc(NCCC(C)c2ccccc2)c(C#N)c1. The lowest BCUT2D eigenvalue weighted by Gasteiger charge is -2.14. The summed E-state index contributed by atoms with van der Waals surface area (Å²) in [5, 5.41) is 12.5. The Labute approximate surface area is 121 Å². The molecule has 0 fully saturated rings. The van der Waals surface area contributed by atoms with Crippen LogP contribution in [0.2, 0.25) is 0 Å². The van der Waals surface area contributed by atoms with Crippen LogP contribution in [0.15, 0.2) is 48.5 Å². The molecule has 0 radical (unpaired) electrons. The molecule has 0 spiro atoms. The number of rotatable bonds is 5. The van der Waals surface area contributed by atoms with Crippen molar-refractivity contribution in [1.82, 2.24) is 0 Å². The molecule has 0 saturated carbocycles. The van der Waals surface area contributed by atoms with E-state index in [0.717, 1.165) is 29.8 Å². The zero-order valence-electron chi connectivity index (χ0n) is 12.1. The van der Waals surface area contributed by atoms with Crippen molar-refractivity contribution < 1.29 is 0 Å². The first-order valence-corrected chi connectivity index (χ1v) is 7.00. The number of hydrogen-bond acceptors (Lipinski definition) is 2. The van der Waals surface area contributed by atoms with Crippen LogP contribution in [0, 0.1) is 18.3 Å². The Balaban J connectivity index is 1.92. The van der Waals surface area contributed by atoms with Gasteiger partial charge in [0, 0.05) is 6.54 Å². The van der Waals surface area contributed by atoms with Crippen molar-refractivity contribution in [3.8, 4) is 6.07 Å². The van der Waals surface area contributed by atoms with Gasteiger partial charge in [0.2, 0.25) is 0 Å². The number of aryl methyl sites for hydroxylation is 1. The highest BCUT2D eigenvalue weighted by Crippen LogP contribution is 2.20. The average Bonchev–Trinajstić information content (AvgIpc) is 2.49. The second kappa shape index (κ2) is 6.77. The van der Waals surface area contributed by atoms with Crippen molar-refractivity contribution in [2.45, 2.75) is 26.2 Å². The molecule has 0 heterocycles. The van der Waals surface area contributed by atoms with E-state index in [9.17, 15) is 0 Å². The predicted octanol–water partition coefficient (Wildman–Crippen LogP) is 4.47. The molecule has 0 saturated heterocycles. The van der Waals surface area contributed by atoms with Gasteiger partial charge in [-0.15, -0.1) is 0 Å². The summed E-state index contributed by atoms with van der Waals surface area (Å²) >= 11 is 0. The molecule has 2 aromatic rings. The molecule has 0 aliphatic rings. The summed E-state index contributed by atoms with van der Waals surface area (Å²) in [5.41, 5.74) is 4.12. The van der Waals surface area contributed by atoms with Crippen LogP contribution in [-0.2, 0) is 0 Å². The fourth-order valence-corrected chi connectivity index (χ4v) is 2.28. The summed E-state index contributed by atoms with van der Waals surface area (Å²) in [7, 11) is 0. The molecule has 102 valence electrons. The molecule has 1 N–H and O–H groups in total. The van der Waals surface area contributed by atoms with Crippen LogP contribution in [0.4, 0.5) is 5.69 Å². The molecular weight excluding hydrogens is 244 g/mol. The Morgan fingerprint density at radius 3 is 2.60 bits per heavy atom. The summed E-state index contributed by atoms with van der Waals surface area (Å²) in [4.78, 5) is 0. The Morgan fingerprint density at radius 2 is 1.90 bits per heavy atom. The highest BCUT2D eigenvalue weighted by molar-refractivity contribution is 5.58. The van der Waals surface area contributed by atoms with Crippen molar-refractivity contribution in [3.63, 3.8) is 0 Å². The minimum atomic E-state index is 0.514. The minimum Gasteiger partial charge on any atom is -0.384 e. The third kappa shape index (κ3) is 3.61. The van der Waals surface area contributed by atoms with Crippen LogP contribution in [-0.4, -0.2) is 6.54 Å². The molecule has 2 rings (SSSR count). The fourth-order valence-electron chi connectivity index (χ4n) is 2.28. The monoisotopic (exact) mass is 264 g/mol. The van der Waals surface area contributed by atoms with Gasteiger partial charge in [-0.3, -0.25) is 0 Å². The standard InChI is InChI=1S/C18H20N2/c1-14-8-9-18(17(12-14)13-19)20-11-10-15(2)16-6-4-3-5-7-16/h3-9,12,15,20H,10-11H2,1-2H3. The zero-order valence-corrected chi connectivity index (χ0v) is 12.1. The molecule has 2 nitrogen and oxygen atoms in total. The average molecular weight is 264 g/mol. The van der Waals surface area contributed by atoms with Crippen molar-refractivity contribution in [3.05, 3.63) is 65.2 Å². The van der Waals surface area contributed by atoms with E-state index in [0.29, 0.717) is 5.92 Å². The highest BCUT2D eigenvalue weighted by Gasteiger charge is 2.06. The molecule has 2 heteroatoms. The summed E-state index contributed by atoms with van der Waals surface area (Å²) in [6.07, 6.45) is 1.04. The van der Waals surface area contributed by atoms with Crippen LogP contribution in [0.1, 0.15) is 36.0 Å². The van der Waals surface area contributed by atoms with Crippen molar-refractivity contribution in [1.29, 1.82) is 5.26 Å². The number of nitriles is 1. The van der Waals surface area contributed by atoms with E-state index in [4.69, 9.17) is 5.26 Å². The van der Waals surface area contributed by atoms with Crippen LogP contribution in [0.5, 0.6) is 0 Å². The Bertz CT molecular complexity index is 597. The Hall–Kier alpha value is -2.27. The molecule has 0 aliphatic heterocycles. The molecule has 20 heavy (non-hydrogen) atoms. The van der Waals surface area contributed by atoms with E-state index in [-0.39, 0.29) is 0 Å². The van der Waals surface area contributed by atoms with Gasteiger partial charge >= 0.3 is 0 Å². The molecule has 2 aromatic carbocycles. The number of nitrogens with one attached hydrogen (secondary N) is 1. The fraction of sp³-hybridized carbons (Fsp3) is 0.278. The number of benzene rings is 2. The molecule has 0 amide bonds. The maximum Gasteiger partial charge on any atom is 0.101 e. The van der Waals surface area contributed by atoms with Crippen molar-refractivity contribution >= 4 is 5.69 Å². The van der Waals surface area contributed by atoms with Gasteiger partial charge in [0.05, 0.1) is 11.3 Å². The van der Waals surface area contributed by atoms with Gasteiger partial charge in [0.25, 0.3) is 0 Å². The van der Waals surface area contributed by atoms with Gasteiger partial charge in [-0.2, -0.15) is 5.26 Å². The summed E-state index contributed by atoms with van der Waals surface area (Å²) in [6, 6.07) is 18.7. The van der Waals surface area contributed by atoms with Crippen molar-refractivity contribution in [2.24, 2.45) is 0 Å². The van der Waals surface area contributed by atoms with E-state index in [2.05, 4.69) is 42.6 Å². The van der Waals surface area contributed by atoms with Crippen molar-refractivity contribution in [2.75, 3.05) is 11.9 Å². The number of hydrogen-bond donors (Lipinski definition) is 1. The normalized spacial score (nSPS) is 11.7. The first kappa shape index (κ1) is 14.1. The van der Waals surface area contributed by atoms with Gasteiger partial charge in [0.1, 0.15) is 6.07 Å². The van der Waals surface area contributed by atoms with Crippen LogP contribution in [0.25, 0.3) is 0 Å². The van der Waals surface area contributed by atoms with Gasteiger partial charge in [-0.05, 0) is 42.5 Å².